The van der Waals surface area contributed by atoms with Crippen molar-refractivity contribution >= 4 is 23.2 Å². The first-order valence-corrected chi connectivity index (χ1v) is 6.54. The lowest BCUT2D eigenvalue weighted by atomic mass is 10.1. The molecule has 0 bridgehead atoms. The van der Waals surface area contributed by atoms with Crippen molar-refractivity contribution in [3.8, 4) is 0 Å². The second-order valence-electron chi connectivity index (χ2n) is 4.98. The Morgan fingerprint density at radius 3 is 2.86 bits per heavy atom. The topological polar surface area (TPSA) is 58.2 Å². The van der Waals surface area contributed by atoms with Gasteiger partial charge in [0.1, 0.15) is 5.82 Å². The quantitative estimate of drug-likeness (QED) is 0.891. The molecular formula is C16H13FN2O2. The Morgan fingerprint density at radius 2 is 2.10 bits per heavy atom. The van der Waals surface area contributed by atoms with Crippen LogP contribution in [0.15, 0.2) is 36.4 Å². The van der Waals surface area contributed by atoms with Gasteiger partial charge in [0.2, 0.25) is 5.91 Å². The van der Waals surface area contributed by atoms with Gasteiger partial charge in [0.05, 0.1) is 12.1 Å². The highest BCUT2D eigenvalue weighted by Gasteiger charge is 2.19. The zero-order valence-electron chi connectivity index (χ0n) is 11.4. The molecule has 2 amide bonds. The van der Waals surface area contributed by atoms with Crippen molar-refractivity contribution in [1.29, 1.82) is 0 Å². The van der Waals surface area contributed by atoms with E-state index in [-0.39, 0.29) is 18.0 Å². The first kappa shape index (κ1) is 13.3. The number of hydrogen-bond donors (Lipinski definition) is 2. The third-order valence-corrected chi connectivity index (χ3v) is 3.45. The summed E-state index contributed by atoms with van der Waals surface area (Å²) in [6.45, 7) is 1.73. The molecule has 1 heterocycles. The van der Waals surface area contributed by atoms with E-state index in [1.54, 1.807) is 37.3 Å². The Labute approximate surface area is 121 Å². The van der Waals surface area contributed by atoms with Crippen LogP contribution < -0.4 is 10.6 Å². The van der Waals surface area contributed by atoms with E-state index in [4.69, 9.17) is 0 Å². The molecule has 0 saturated carbocycles. The van der Waals surface area contributed by atoms with Crippen LogP contribution in [0.25, 0.3) is 0 Å². The van der Waals surface area contributed by atoms with Gasteiger partial charge in [-0.15, -0.1) is 0 Å². The monoisotopic (exact) mass is 284 g/mol. The Hall–Kier alpha value is -2.69. The van der Waals surface area contributed by atoms with Gasteiger partial charge in [-0.25, -0.2) is 4.39 Å². The van der Waals surface area contributed by atoms with Gasteiger partial charge in [0.25, 0.3) is 5.91 Å². The molecule has 2 N–H and O–H groups in total. The summed E-state index contributed by atoms with van der Waals surface area (Å²) in [5.41, 5.74) is 2.72. The fourth-order valence-corrected chi connectivity index (χ4v) is 2.35. The third-order valence-electron chi connectivity index (χ3n) is 3.45. The summed E-state index contributed by atoms with van der Waals surface area (Å²) in [4.78, 5) is 23.5. The average molecular weight is 284 g/mol. The number of para-hydroxylation sites is 1. The minimum Gasteiger partial charge on any atom is -0.326 e. The normalized spacial score (nSPS) is 12.8. The molecule has 1 aliphatic rings. The smallest absolute Gasteiger partial charge is 0.255 e. The molecule has 0 fully saturated rings. The number of fused-ring (bicyclic) bond motifs is 1. The molecule has 0 aromatic heterocycles. The van der Waals surface area contributed by atoms with E-state index in [1.165, 1.54) is 6.07 Å². The van der Waals surface area contributed by atoms with Crippen LogP contribution in [0.4, 0.5) is 15.8 Å². The maximum Gasteiger partial charge on any atom is 0.255 e. The van der Waals surface area contributed by atoms with E-state index >= 15 is 0 Å². The van der Waals surface area contributed by atoms with Gasteiger partial charge in [-0.05, 0) is 42.3 Å². The number of carbonyl (C=O) groups excluding carboxylic acids is 2. The van der Waals surface area contributed by atoms with Gasteiger partial charge in [-0.3, -0.25) is 9.59 Å². The average Bonchev–Trinajstić information content (AvgIpc) is 2.81. The molecule has 3 rings (SSSR count). The number of aryl methyl sites for hydroxylation is 1. The maximum absolute atomic E-state index is 13.7. The molecule has 0 spiro atoms. The number of rotatable bonds is 2. The van der Waals surface area contributed by atoms with Gasteiger partial charge in [-0.2, -0.15) is 0 Å². The first-order chi connectivity index (χ1) is 10.0. The van der Waals surface area contributed by atoms with Crippen LogP contribution in [0.2, 0.25) is 0 Å². The number of hydrogen-bond acceptors (Lipinski definition) is 2. The van der Waals surface area contributed by atoms with Gasteiger partial charge in [-0.1, -0.05) is 12.1 Å². The minimum absolute atomic E-state index is 0.0903. The number of carbonyl (C=O) groups is 2. The largest absolute Gasteiger partial charge is 0.326 e. The standard InChI is InChI=1S/C16H13FN2O2/c1-9-3-2-4-12(17)15(9)19-16(21)10-5-6-13-11(7-10)8-14(20)18-13/h2-7H,8H2,1H3,(H,18,20)(H,19,21). The molecule has 4 nitrogen and oxygen atoms in total. The fraction of sp³-hybridized carbons (Fsp3) is 0.125. The van der Waals surface area contributed by atoms with Crippen LogP contribution in [0.5, 0.6) is 0 Å². The van der Waals surface area contributed by atoms with Gasteiger partial charge in [0.15, 0.2) is 0 Å². The lowest BCUT2D eigenvalue weighted by Gasteiger charge is -2.10. The zero-order chi connectivity index (χ0) is 15.0. The van der Waals surface area contributed by atoms with E-state index in [0.717, 1.165) is 11.3 Å². The molecule has 5 heteroatoms. The molecule has 0 unspecified atom stereocenters. The van der Waals surface area contributed by atoms with Crippen LogP contribution >= 0.6 is 0 Å². The number of amides is 2. The fourth-order valence-electron chi connectivity index (χ4n) is 2.35. The van der Waals surface area contributed by atoms with Crippen LogP contribution in [-0.2, 0) is 11.2 Å². The number of benzene rings is 2. The lowest BCUT2D eigenvalue weighted by Crippen LogP contribution is -2.14. The second kappa shape index (κ2) is 5.01. The Bertz CT molecular complexity index is 736. The van der Waals surface area contributed by atoms with Crippen molar-refractivity contribution in [1.82, 2.24) is 0 Å². The molecular weight excluding hydrogens is 271 g/mol. The summed E-state index contributed by atoms with van der Waals surface area (Å²) < 4.78 is 13.7. The highest BCUT2D eigenvalue weighted by molar-refractivity contribution is 6.06. The molecule has 2 aromatic rings. The number of nitrogens with one attached hydrogen (secondary N) is 2. The van der Waals surface area contributed by atoms with Crippen LogP contribution in [0.3, 0.4) is 0 Å². The molecule has 0 saturated heterocycles. The Morgan fingerprint density at radius 1 is 1.29 bits per heavy atom. The van der Waals surface area contributed by atoms with E-state index in [9.17, 15) is 14.0 Å². The molecule has 2 aromatic carbocycles. The van der Waals surface area contributed by atoms with E-state index in [0.29, 0.717) is 11.1 Å². The predicted octanol–water partition coefficient (Wildman–Crippen LogP) is 2.88. The summed E-state index contributed by atoms with van der Waals surface area (Å²) in [6, 6.07) is 9.56. The van der Waals surface area contributed by atoms with Crippen LogP contribution in [-0.4, -0.2) is 11.8 Å². The van der Waals surface area contributed by atoms with Crippen LogP contribution in [0.1, 0.15) is 21.5 Å². The van der Waals surface area contributed by atoms with Gasteiger partial charge in [0, 0.05) is 11.3 Å². The summed E-state index contributed by atoms with van der Waals surface area (Å²) in [6.07, 6.45) is 0.259. The SMILES string of the molecule is Cc1cccc(F)c1NC(=O)c1ccc2c(c1)CC(=O)N2. The second-order valence-corrected chi connectivity index (χ2v) is 4.98. The molecule has 106 valence electrons. The molecule has 0 atom stereocenters. The van der Waals surface area contributed by atoms with E-state index < -0.39 is 11.7 Å². The van der Waals surface area contributed by atoms with Crippen molar-refractivity contribution in [2.24, 2.45) is 0 Å². The highest BCUT2D eigenvalue weighted by atomic mass is 19.1. The molecule has 1 aliphatic heterocycles. The summed E-state index contributed by atoms with van der Waals surface area (Å²) in [5, 5.41) is 5.28. The summed E-state index contributed by atoms with van der Waals surface area (Å²) in [5.74, 6) is -0.959. The molecule has 0 aliphatic carbocycles. The van der Waals surface area contributed by atoms with Crippen molar-refractivity contribution in [3.63, 3.8) is 0 Å². The maximum atomic E-state index is 13.7. The van der Waals surface area contributed by atoms with E-state index in [2.05, 4.69) is 10.6 Å². The lowest BCUT2D eigenvalue weighted by molar-refractivity contribution is -0.115. The Kier molecular flexibility index (Phi) is 3.17. The summed E-state index contributed by atoms with van der Waals surface area (Å²) in [7, 11) is 0. The first-order valence-electron chi connectivity index (χ1n) is 6.54. The number of halogens is 1. The molecule has 21 heavy (non-hydrogen) atoms. The van der Waals surface area contributed by atoms with Gasteiger partial charge < -0.3 is 10.6 Å². The minimum atomic E-state index is -0.471. The third kappa shape index (κ3) is 2.50. The highest BCUT2D eigenvalue weighted by Crippen LogP contribution is 2.25. The van der Waals surface area contributed by atoms with Crippen molar-refractivity contribution in [2.75, 3.05) is 10.6 Å². The van der Waals surface area contributed by atoms with Crippen molar-refractivity contribution in [2.45, 2.75) is 13.3 Å². The summed E-state index contributed by atoms with van der Waals surface area (Å²) >= 11 is 0. The molecule has 0 radical (unpaired) electrons. The van der Waals surface area contributed by atoms with Crippen molar-refractivity contribution < 1.29 is 14.0 Å². The predicted molar refractivity (Wildman–Crippen MR) is 77.9 cm³/mol. The van der Waals surface area contributed by atoms with Crippen molar-refractivity contribution in [3.05, 3.63) is 58.9 Å². The van der Waals surface area contributed by atoms with Gasteiger partial charge >= 0.3 is 0 Å². The van der Waals surface area contributed by atoms with E-state index in [1.807, 2.05) is 0 Å². The Balaban J connectivity index is 1.87. The number of anilines is 2. The zero-order valence-corrected chi connectivity index (χ0v) is 11.4. The van der Waals surface area contributed by atoms with Crippen LogP contribution in [0, 0.1) is 12.7 Å².